The molecule has 3 heterocycles. The van der Waals surface area contributed by atoms with Gasteiger partial charge in [-0.15, -0.1) is 11.3 Å². The molecule has 2 aromatic heterocycles. The molecule has 0 bridgehead atoms. The fourth-order valence-electron chi connectivity index (χ4n) is 2.34. The summed E-state index contributed by atoms with van der Waals surface area (Å²) < 4.78 is 5.09. The fourth-order valence-corrected chi connectivity index (χ4v) is 3.23. The van der Waals surface area contributed by atoms with Crippen molar-refractivity contribution in [1.29, 1.82) is 0 Å². The third-order valence-corrected chi connectivity index (χ3v) is 4.54. The first-order valence-electron chi connectivity index (χ1n) is 7.05. The minimum atomic E-state index is -0.307. The highest BCUT2D eigenvalue weighted by atomic mass is 32.1. The lowest BCUT2D eigenvalue weighted by molar-refractivity contribution is -0.132. The first-order chi connectivity index (χ1) is 10.7. The molecule has 0 saturated heterocycles. The van der Waals surface area contributed by atoms with Crippen LogP contribution >= 0.6 is 11.3 Å². The summed E-state index contributed by atoms with van der Waals surface area (Å²) in [6.07, 6.45) is 5.36. The van der Waals surface area contributed by atoms with Crippen LogP contribution in [0.25, 0.3) is 6.08 Å². The van der Waals surface area contributed by atoms with Gasteiger partial charge in [-0.05, 0) is 41.6 Å². The molecule has 3 rings (SSSR count). The molecular formula is C16H16N2O3S. The highest BCUT2D eigenvalue weighted by Gasteiger charge is 2.21. The van der Waals surface area contributed by atoms with Crippen LogP contribution in [0.15, 0.2) is 40.3 Å². The topological polar surface area (TPSA) is 62.6 Å². The minimum absolute atomic E-state index is 0.0147. The zero-order valence-electron chi connectivity index (χ0n) is 12.0. The van der Waals surface area contributed by atoms with E-state index in [-0.39, 0.29) is 18.4 Å². The number of carbonyl (C=O) groups excluding carboxylic acids is 2. The van der Waals surface area contributed by atoms with E-state index in [0.717, 1.165) is 6.42 Å². The Morgan fingerprint density at radius 1 is 1.41 bits per heavy atom. The van der Waals surface area contributed by atoms with Crippen molar-refractivity contribution in [1.82, 2.24) is 10.2 Å². The third kappa shape index (κ3) is 3.46. The second-order valence-corrected chi connectivity index (χ2v) is 6.00. The van der Waals surface area contributed by atoms with E-state index in [1.54, 1.807) is 34.4 Å². The Bertz CT molecular complexity index is 688. The third-order valence-electron chi connectivity index (χ3n) is 3.52. The van der Waals surface area contributed by atoms with Crippen LogP contribution in [0.3, 0.4) is 0 Å². The van der Waals surface area contributed by atoms with Gasteiger partial charge in [0.15, 0.2) is 0 Å². The molecule has 0 fully saturated rings. The normalized spacial score (nSPS) is 14.1. The summed E-state index contributed by atoms with van der Waals surface area (Å²) in [5.41, 5.74) is 1.22. The quantitative estimate of drug-likeness (QED) is 0.878. The van der Waals surface area contributed by atoms with Gasteiger partial charge in [0.1, 0.15) is 5.76 Å². The number of nitrogens with one attached hydrogen (secondary N) is 1. The lowest BCUT2D eigenvalue weighted by atomic mass is 10.1. The highest BCUT2D eigenvalue weighted by Crippen LogP contribution is 2.23. The lowest BCUT2D eigenvalue weighted by Crippen LogP contribution is -2.41. The number of amides is 2. The molecule has 5 nitrogen and oxygen atoms in total. The summed E-state index contributed by atoms with van der Waals surface area (Å²) in [5, 5.41) is 4.66. The summed E-state index contributed by atoms with van der Waals surface area (Å²) in [5.74, 6) is 0.233. The second kappa shape index (κ2) is 6.62. The van der Waals surface area contributed by atoms with Gasteiger partial charge in [-0.3, -0.25) is 9.59 Å². The van der Waals surface area contributed by atoms with Crippen molar-refractivity contribution in [2.75, 3.05) is 13.1 Å². The van der Waals surface area contributed by atoms with Crippen LogP contribution in [0.2, 0.25) is 0 Å². The average Bonchev–Trinajstić information content (AvgIpc) is 3.20. The van der Waals surface area contributed by atoms with Gasteiger partial charge >= 0.3 is 0 Å². The van der Waals surface area contributed by atoms with E-state index in [9.17, 15) is 9.59 Å². The summed E-state index contributed by atoms with van der Waals surface area (Å²) in [4.78, 5) is 27.0. The molecule has 22 heavy (non-hydrogen) atoms. The zero-order chi connectivity index (χ0) is 15.4. The Balaban J connectivity index is 1.47. The number of nitrogens with zero attached hydrogens (tertiary/aromatic N) is 1. The molecule has 2 aromatic rings. The standard InChI is InChI=1S/C16H16N2O3S/c19-15(4-3-13-2-1-8-21-13)17-10-16(20)18-7-5-14-12(11-18)6-9-22-14/h1-4,6,8-9H,5,7,10-11H2,(H,17,19). The molecule has 6 heteroatoms. The second-order valence-electron chi connectivity index (χ2n) is 5.00. The highest BCUT2D eigenvalue weighted by molar-refractivity contribution is 7.10. The van der Waals surface area contributed by atoms with E-state index in [1.807, 2.05) is 0 Å². The van der Waals surface area contributed by atoms with Gasteiger partial charge in [-0.1, -0.05) is 0 Å². The van der Waals surface area contributed by atoms with Crippen LogP contribution in [-0.4, -0.2) is 29.8 Å². The van der Waals surface area contributed by atoms with E-state index in [4.69, 9.17) is 4.42 Å². The molecule has 0 saturated carbocycles. The minimum Gasteiger partial charge on any atom is -0.465 e. The van der Waals surface area contributed by atoms with Crippen LogP contribution in [0.4, 0.5) is 0 Å². The zero-order valence-corrected chi connectivity index (χ0v) is 12.8. The Morgan fingerprint density at radius 3 is 3.14 bits per heavy atom. The SMILES string of the molecule is O=C(C=Cc1ccco1)NCC(=O)N1CCc2sccc2C1. The fraction of sp³-hybridized carbons (Fsp3) is 0.250. The first kappa shape index (κ1) is 14.6. The molecule has 0 aromatic carbocycles. The maximum atomic E-state index is 12.1. The van der Waals surface area contributed by atoms with Gasteiger partial charge in [-0.2, -0.15) is 0 Å². The van der Waals surface area contributed by atoms with E-state index >= 15 is 0 Å². The summed E-state index contributed by atoms with van der Waals surface area (Å²) in [6.45, 7) is 1.36. The van der Waals surface area contributed by atoms with Gasteiger partial charge in [0.25, 0.3) is 0 Å². The van der Waals surface area contributed by atoms with Gasteiger partial charge in [0.05, 0.1) is 12.8 Å². The van der Waals surface area contributed by atoms with Crippen LogP contribution in [0, 0.1) is 0 Å². The van der Waals surface area contributed by atoms with E-state index < -0.39 is 0 Å². The van der Waals surface area contributed by atoms with Crippen LogP contribution in [-0.2, 0) is 22.6 Å². The Labute approximate surface area is 132 Å². The molecule has 0 unspecified atom stereocenters. The smallest absolute Gasteiger partial charge is 0.244 e. The number of rotatable bonds is 4. The summed E-state index contributed by atoms with van der Waals surface area (Å²) in [6, 6.07) is 5.56. The van der Waals surface area contributed by atoms with Crippen molar-refractivity contribution in [3.8, 4) is 0 Å². The Morgan fingerprint density at radius 2 is 2.32 bits per heavy atom. The number of furan rings is 1. The molecule has 0 aliphatic carbocycles. The Kier molecular flexibility index (Phi) is 4.39. The molecule has 0 atom stereocenters. The van der Waals surface area contributed by atoms with E-state index in [1.165, 1.54) is 22.8 Å². The van der Waals surface area contributed by atoms with Crippen molar-refractivity contribution >= 4 is 29.2 Å². The number of hydrogen-bond acceptors (Lipinski definition) is 4. The number of carbonyl (C=O) groups is 2. The molecule has 1 aliphatic heterocycles. The maximum Gasteiger partial charge on any atom is 0.244 e. The molecule has 2 amide bonds. The van der Waals surface area contributed by atoms with Crippen LogP contribution in [0.1, 0.15) is 16.2 Å². The molecule has 0 radical (unpaired) electrons. The van der Waals surface area contributed by atoms with Gasteiger partial charge in [0.2, 0.25) is 11.8 Å². The lowest BCUT2D eigenvalue weighted by Gasteiger charge is -2.27. The van der Waals surface area contributed by atoms with Crippen molar-refractivity contribution in [2.45, 2.75) is 13.0 Å². The number of thiophene rings is 1. The first-order valence-corrected chi connectivity index (χ1v) is 7.93. The van der Waals surface area contributed by atoms with Gasteiger partial charge < -0.3 is 14.6 Å². The van der Waals surface area contributed by atoms with E-state index in [2.05, 4.69) is 16.8 Å². The molecule has 114 valence electrons. The van der Waals surface area contributed by atoms with Crippen molar-refractivity contribution in [3.05, 3.63) is 52.1 Å². The van der Waals surface area contributed by atoms with Crippen LogP contribution in [0.5, 0.6) is 0 Å². The van der Waals surface area contributed by atoms with Crippen molar-refractivity contribution in [3.63, 3.8) is 0 Å². The summed E-state index contributed by atoms with van der Waals surface area (Å²) in [7, 11) is 0. The molecular weight excluding hydrogens is 300 g/mol. The van der Waals surface area contributed by atoms with Crippen LogP contribution < -0.4 is 5.32 Å². The van der Waals surface area contributed by atoms with Gasteiger partial charge in [0, 0.05) is 24.0 Å². The predicted octanol–water partition coefficient (Wildman–Crippen LogP) is 2.06. The predicted molar refractivity (Wildman–Crippen MR) is 84.2 cm³/mol. The Hall–Kier alpha value is -2.34. The van der Waals surface area contributed by atoms with Crippen molar-refractivity contribution in [2.24, 2.45) is 0 Å². The van der Waals surface area contributed by atoms with Gasteiger partial charge in [-0.25, -0.2) is 0 Å². The molecule has 0 spiro atoms. The maximum absolute atomic E-state index is 12.1. The summed E-state index contributed by atoms with van der Waals surface area (Å²) >= 11 is 1.74. The number of hydrogen-bond donors (Lipinski definition) is 1. The van der Waals surface area contributed by atoms with Crippen molar-refractivity contribution < 1.29 is 14.0 Å². The average molecular weight is 316 g/mol. The molecule has 1 aliphatic rings. The van der Waals surface area contributed by atoms with E-state index in [0.29, 0.717) is 18.8 Å². The molecule has 1 N–H and O–H groups in total. The number of fused-ring (bicyclic) bond motifs is 1. The largest absolute Gasteiger partial charge is 0.465 e. The monoisotopic (exact) mass is 316 g/mol.